The molecule has 0 aliphatic heterocycles. The molecule has 2 aromatic rings. The molecule has 4 nitrogen and oxygen atoms in total. The number of aryl methyl sites for hydroxylation is 1. The minimum absolute atomic E-state index is 0.150. The van der Waals surface area contributed by atoms with Crippen LogP contribution in [0.3, 0.4) is 0 Å². The van der Waals surface area contributed by atoms with Gasteiger partial charge in [0.25, 0.3) is 5.91 Å². The van der Waals surface area contributed by atoms with Gasteiger partial charge in [-0.25, -0.2) is 0 Å². The SMILES string of the molecule is COCC(C)(C)NC(=O)c1sc2cc(C)ccc2c1N. The second-order valence-corrected chi connectivity index (χ2v) is 6.67. The summed E-state index contributed by atoms with van der Waals surface area (Å²) in [6, 6.07) is 6.02. The quantitative estimate of drug-likeness (QED) is 0.910. The first-order chi connectivity index (χ1) is 9.34. The first kappa shape index (κ1) is 14.8. The van der Waals surface area contributed by atoms with Crippen molar-refractivity contribution in [2.75, 3.05) is 19.5 Å². The first-order valence-electron chi connectivity index (χ1n) is 6.44. The molecule has 0 spiro atoms. The van der Waals surface area contributed by atoms with Crippen molar-refractivity contribution < 1.29 is 9.53 Å². The Bertz CT molecular complexity index is 647. The summed E-state index contributed by atoms with van der Waals surface area (Å²) in [7, 11) is 1.62. The van der Waals surface area contributed by atoms with E-state index in [0.29, 0.717) is 17.2 Å². The Hall–Kier alpha value is -1.59. The second kappa shape index (κ2) is 5.42. The third-order valence-electron chi connectivity index (χ3n) is 3.05. The van der Waals surface area contributed by atoms with E-state index in [4.69, 9.17) is 10.5 Å². The van der Waals surface area contributed by atoms with E-state index in [1.807, 2.05) is 39.0 Å². The van der Waals surface area contributed by atoms with E-state index in [2.05, 4.69) is 5.32 Å². The summed E-state index contributed by atoms with van der Waals surface area (Å²) in [6.07, 6.45) is 0. The summed E-state index contributed by atoms with van der Waals surface area (Å²) in [5.41, 5.74) is 7.38. The molecule has 3 N–H and O–H groups in total. The number of anilines is 1. The predicted molar refractivity (Wildman–Crippen MR) is 84.4 cm³/mol. The van der Waals surface area contributed by atoms with Crippen LogP contribution in [-0.4, -0.2) is 25.2 Å². The van der Waals surface area contributed by atoms with Gasteiger partial charge in [0, 0.05) is 17.2 Å². The van der Waals surface area contributed by atoms with Crippen LogP contribution >= 0.6 is 11.3 Å². The van der Waals surface area contributed by atoms with E-state index in [0.717, 1.165) is 15.6 Å². The van der Waals surface area contributed by atoms with Gasteiger partial charge in [-0.1, -0.05) is 12.1 Å². The van der Waals surface area contributed by atoms with Gasteiger partial charge >= 0.3 is 0 Å². The molecule has 1 heterocycles. The molecule has 2 rings (SSSR count). The Morgan fingerprint density at radius 2 is 2.15 bits per heavy atom. The highest BCUT2D eigenvalue weighted by molar-refractivity contribution is 7.21. The number of fused-ring (bicyclic) bond motifs is 1. The van der Waals surface area contributed by atoms with Crippen LogP contribution in [0.25, 0.3) is 10.1 Å². The minimum atomic E-state index is -0.426. The first-order valence-corrected chi connectivity index (χ1v) is 7.26. The van der Waals surface area contributed by atoms with Crippen LogP contribution in [-0.2, 0) is 4.74 Å². The zero-order chi connectivity index (χ0) is 14.9. The standard InChI is InChI=1S/C15H20N2O2S/c1-9-5-6-10-11(7-9)20-13(12(10)16)14(18)17-15(2,3)8-19-4/h5-7H,8,16H2,1-4H3,(H,17,18). The lowest BCUT2D eigenvalue weighted by Crippen LogP contribution is -2.46. The van der Waals surface area contributed by atoms with Crippen LogP contribution in [0, 0.1) is 6.92 Å². The Morgan fingerprint density at radius 1 is 1.45 bits per heavy atom. The summed E-state index contributed by atoms with van der Waals surface area (Å²) in [4.78, 5) is 12.9. The van der Waals surface area contributed by atoms with Crippen molar-refractivity contribution in [2.24, 2.45) is 0 Å². The molecule has 20 heavy (non-hydrogen) atoms. The third kappa shape index (κ3) is 2.94. The van der Waals surface area contributed by atoms with Crippen molar-refractivity contribution in [2.45, 2.75) is 26.3 Å². The number of rotatable bonds is 4. The number of benzene rings is 1. The molecule has 0 aliphatic rings. The molecule has 1 amide bonds. The lowest BCUT2D eigenvalue weighted by Gasteiger charge is -2.24. The molecule has 0 unspecified atom stereocenters. The van der Waals surface area contributed by atoms with Gasteiger partial charge in [0.05, 0.1) is 17.8 Å². The molecule has 0 radical (unpaired) electrons. The highest BCUT2D eigenvalue weighted by Crippen LogP contribution is 2.34. The zero-order valence-electron chi connectivity index (χ0n) is 12.2. The van der Waals surface area contributed by atoms with E-state index in [9.17, 15) is 4.79 Å². The monoisotopic (exact) mass is 292 g/mol. The lowest BCUT2D eigenvalue weighted by molar-refractivity contribution is 0.0824. The fourth-order valence-corrected chi connectivity index (χ4v) is 3.27. The third-order valence-corrected chi connectivity index (χ3v) is 4.21. The van der Waals surface area contributed by atoms with Crippen LogP contribution < -0.4 is 11.1 Å². The van der Waals surface area contributed by atoms with Crippen molar-refractivity contribution in [1.82, 2.24) is 5.32 Å². The van der Waals surface area contributed by atoms with Gasteiger partial charge in [0.1, 0.15) is 4.88 Å². The molecular formula is C15H20N2O2S. The molecule has 0 atom stereocenters. The largest absolute Gasteiger partial charge is 0.397 e. The summed E-state index contributed by atoms with van der Waals surface area (Å²) >= 11 is 1.43. The number of nitrogen functional groups attached to an aromatic ring is 1. The van der Waals surface area contributed by atoms with Crippen LogP contribution in [0.1, 0.15) is 29.1 Å². The van der Waals surface area contributed by atoms with E-state index in [1.165, 1.54) is 11.3 Å². The lowest BCUT2D eigenvalue weighted by atomic mass is 10.1. The van der Waals surface area contributed by atoms with Crippen LogP contribution in [0.4, 0.5) is 5.69 Å². The Morgan fingerprint density at radius 3 is 2.80 bits per heavy atom. The number of amides is 1. The van der Waals surface area contributed by atoms with Crippen LogP contribution in [0.2, 0.25) is 0 Å². The maximum atomic E-state index is 12.4. The van der Waals surface area contributed by atoms with Crippen molar-refractivity contribution in [3.8, 4) is 0 Å². The van der Waals surface area contributed by atoms with E-state index in [-0.39, 0.29) is 5.91 Å². The molecular weight excluding hydrogens is 272 g/mol. The van der Waals surface area contributed by atoms with Crippen molar-refractivity contribution >= 4 is 33.0 Å². The Kier molecular flexibility index (Phi) is 4.01. The molecule has 1 aromatic carbocycles. The summed E-state index contributed by atoms with van der Waals surface area (Å²) < 4.78 is 6.14. The summed E-state index contributed by atoms with van der Waals surface area (Å²) in [6.45, 7) is 6.31. The molecule has 0 saturated carbocycles. The van der Waals surface area contributed by atoms with Crippen molar-refractivity contribution in [1.29, 1.82) is 0 Å². The average molecular weight is 292 g/mol. The van der Waals surface area contributed by atoms with Gasteiger partial charge in [-0.2, -0.15) is 0 Å². The topological polar surface area (TPSA) is 64.3 Å². The zero-order valence-corrected chi connectivity index (χ0v) is 13.1. The number of hydrogen-bond acceptors (Lipinski definition) is 4. The second-order valence-electron chi connectivity index (χ2n) is 5.62. The van der Waals surface area contributed by atoms with Crippen LogP contribution in [0.5, 0.6) is 0 Å². The van der Waals surface area contributed by atoms with Gasteiger partial charge in [-0.3, -0.25) is 4.79 Å². The van der Waals surface area contributed by atoms with Crippen molar-refractivity contribution in [3.05, 3.63) is 28.6 Å². The van der Waals surface area contributed by atoms with Crippen LogP contribution in [0.15, 0.2) is 18.2 Å². The molecule has 5 heteroatoms. The number of thiophene rings is 1. The summed E-state index contributed by atoms with van der Waals surface area (Å²) in [5.74, 6) is -0.150. The number of nitrogens with one attached hydrogen (secondary N) is 1. The molecule has 0 fully saturated rings. The average Bonchev–Trinajstić information content (AvgIpc) is 2.65. The molecule has 108 valence electrons. The normalized spacial score (nSPS) is 11.8. The fourth-order valence-electron chi connectivity index (χ4n) is 2.15. The summed E-state index contributed by atoms with van der Waals surface area (Å²) in [5, 5.41) is 3.90. The van der Waals surface area contributed by atoms with Crippen molar-refractivity contribution in [3.63, 3.8) is 0 Å². The van der Waals surface area contributed by atoms with E-state index < -0.39 is 5.54 Å². The number of nitrogens with two attached hydrogens (primary N) is 1. The minimum Gasteiger partial charge on any atom is -0.397 e. The van der Waals surface area contributed by atoms with Gasteiger partial charge in [-0.15, -0.1) is 11.3 Å². The maximum Gasteiger partial charge on any atom is 0.264 e. The maximum absolute atomic E-state index is 12.4. The Labute approximate surface area is 122 Å². The van der Waals surface area contributed by atoms with E-state index in [1.54, 1.807) is 7.11 Å². The molecule has 0 bridgehead atoms. The number of hydrogen-bond donors (Lipinski definition) is 2. The predicted octanol–water partition coefficient (Wildman–Crippen LogP) is 2.95. The highest BCUT2D eigenvalue weighted by atomic mass is 32.1. The molecule has 0 saturated heterocycles. The van der Waals surface area contributed by atoms with Gasteiger partial charge < -0.3 is 15.8 Å². The van der Waals surface area contributed by atoms with Gasteiger partial charge in [-0.05, 0) is 32.4 Å². The molecule has 1 aromatic heterocycles. The highest BCUT2D eigenvalue weighted by Gasteiger charge is 2.24. The number of carbonyl (C=O) groups is 1. The number of carbonyl (C=O) groups excluding carboxylic acids is 1. The Balaban J connectivity index is 2.33. The number of ether oxygens (including phenoxy) is 1. The van der Waals surface area contributed by atoms with Gasteiger partial charge in [0.2, 0.25) is 0 Å². The fraction of sp³-hybridized carbons (Fsp3) is 0.400. The smallest absolute Gasteiger partial charge is 0.264 e. The number of methoxy groups -OCH3 is 1. The van der Waals surface area contributed by atoms with E-state index >= 15 is 0 Å². The molecule has 0 aliphatic carbocycles. The van der Waals surface area contributed by atoms with Gasteiger partial charge in [0.15, 0.2) is 0 Å².